The van der Waals surface area contributed by atoms with E-state index in [1.54, 1.807) is 19.0 Å². The third-order valence-corrected chi connectivity index (χ3v) is 3.64. The highest BCUT2D eigenvalue weighted by Crippen LogP contribution is 2.32. The molecule has 18 heavy (non-hydrogen) atoms. The predicted molar refractivity (Wildman–Crippen MR) is 73.5 cm³/mol. The Bertz CT molecular complexity index is 454. The van der Waals surface area contributed by atoms with Crippen molar-refractivity contribution in [2.75, 3.05) is 14.1 Å². The van der Waals surface area contributed by atoms with Gasteiger partial charge in [0.2, 0.25) is 5.91 Å². The van der Waals surface area contributed by atoms with Crippen molar-refractivity contribution in [3.63, 3.8) is 0 Å². The van der Waals surface area contributed by atoms with E-state index in [0.29, 0.717) is 6.04 Å². The summed E-state index contributed by atoms with van der Waals surface area (Å²) in [7, 11) is 3.60. The number of likely N-dealkylation sites (N-methyl/N-ethyl adjacent to an activating group) is 1. The normalized spacial score (nSPS) is 19.4. The van der Waals surface area contributed by atoms with Crippen molar-refractivity contribution >= 4 is 5.91 Å². The molecule has 0 aromatic heterocycles. The second kappa shape index (κ2) is 5.11. The Morgan fingerprint density at radius 3 is 2.83 bits per heavy atom. The molecule has 0 radical (unpaired) electrons. The van der Waals surface area contributed by atoms with Gasteiger partial charge < -0.3 is 4.90 Å². The van der Waals surface area contributed by atoms with Crippen molar-refractivity contribution in [1.29, 1.82) is 0 Å². The van der Waals surface area contributed by atoms with Gasteiger partial charge in [-0.05, 0) is 37.8 Å². The molecule has 2 atom stereocenters. The fourth-order valence-corrected chi connectivity index (χ4v) is 2.66. The molecule has 0 saturated carbocycles. The van der Waals surface area contributed by atoms with Gasteiger partial charge in [-0.3, -0.25) is 10.1 Å². The fourth-order valence-electron chi connectivity index (χ4n) is 2.66. The van der Waals surface area contributed by atoms with E-state index < -0.39 is 0 Å². The average molecular weight is 246 g/mol. The number of benzene rings is 1. The monoisotopic (exact) mass is 246 g/mol. The molecule has 0 fully saturated rings. The van der Waals surface area contributed by atoms with Crippen LogP contribution < -0.4 is 5.32 Å². The van der Waals surface area contributed by atoms with Crippen molar-refractivity contribution < 1.29 is 4.79 Å². The van der Waals surface area contributed by atoms with Crippen LogP contribution in [0.5, 0.6) is 0 Å². The molecule has 1 aromatic carbocycles. The van der Waals surface area contributed by atoms with Crippen LogP contribution in [-0.4, -0.2) is 30.9 Å². The van der Waals surface area contributed by atoms with Crippen LogP contribution in [0.25, 0.3) is 0 Å². The Morgan fingerprint density at radius 1 is 1.44 bits per heavy atom. The van der Waals surface area contributed by atoms with Crippen molar-refractivity contribution in [2.24, 2.45) is 0 Å². The van der Waals surface area contributed by atoms with Gasteiger partial charge in [-0.15, -0.1) is 0 Å². The van der Waals surface area contributed by atoms with Gasteiger partial charge in [0, 0.05) is 20.1 Å². The maximum atomic E-state index is 11.9. The first kappa shape index (κ1) is 13.1. The molecule has 2 rings (SSSR count). The molecule has 2 unspecified atom stereocenters. The minimum Gasteiger partial charge on any atom is -0.347 e. The molecular weight excluding hydrogens is 224 g/mol. The fraction of sp³-hybridized carbons (Fsp3) is 0.533. The van der Waals surface area contributed by atoms with E-state index in [9.17, 15) is 4.79 Å². The number of nitrogens with one attached hydrogen (secondary N) is 1. The third kappa shape index (κ3) is 2.56. The quantitative estimate of drug-likeness (QED) is 0.885. The molecule has 0 heterocycles. The number of carbonyl (C=O) groups excluding carboxylic acids is 1. The van der Waals surface area contributed by atoms with E-state index in [0.717, 1.165) is 12.8 Å². The number of nitrogens with zero attached hydrogens (tertiary/aromatic N) is 1. The first-order valence-corrected chi connectivity index (χ1v) is 6.55. The summed E-state index contributed by atoms with van der Waals surface area (Å²) in [6.07, 6.45) is 2.19. The zero-order chi connectivity index (χ0) is 13.3. The maximum absolute atomic E-state index is 11.9. The Morgan fingerprint density at radius 2 is 2.17 bits per heavy atom. The maximum Gasteiger partial charge on any atom is 0.238 e. The Hall–Kier alpha value is -1.35. The summed E-state index contributed by atoms with van der Waals surface area (Å²) >= 11 is 0. The third-order valence-electron chi connectivity index (χ3n) is 3.64. The number of hydrogen-bond donors (Lipinski definition) is 1. The first-order chi connectivity index (χ1) is 8.49. The Labute approximate surface area is 109 Å². The second-order valence-electron chi connectivity index (χ2n) is 5.41. The van der Waals surface area contributed by atoms with Gasteiger partial charge in [0.15, 0.2) is 0 Å². The molecule has 3 nitrogen and oxygen atoms in total. The van der Waals surface area contributed by atoms with Gasteiger partial charge in [0.1, 0.15) is 0 Å². The molecule has 1 aliphatic rings. The largest absolute Gasteiger partial charge is 0.347 e. The lowest BCUT2D eigenvalue weighted by molar-refractivity contribution is -0.130. The lowest BCUT2D eigenvalue weighted by atomic mass is 10.0. The Kier molecular flexibility index (Phi) is 3.71. The van der Waals surface area contributed by atoms with Crippen molar-refractivity contribution in [2.45, 2.75) is 38.8 Å². The molecule has 1 aliphatic carbocycles. The van der Waals surface area contributed by atoms with E-state index in [1.807, 2.05) is 6.92 Å². The van der Waals surface area contributed by atoms with Crippen LogP contribution in [-0.2, 0) is 11.2 Å². The summed E-state index contributed by atoms with van der Waals surface area (Å²) in [5.74, 6) is 0.135. The SMILES string of the molecule is Cc1ccc2c(c1)C(NC(C)C(=O)N(C)C)CC2. The molecule has 0 saturated heterocycles. The standard InChI is InChI=1S/C15H22N2O/c1-10-5-6-12-7-8-14(13(12)9-10)16-11(2)15(18)17(3)4/h5-6,9,11,14,16H,7-8H2,1-4H3. The molecule has 0 aliphatic heterocycles. The predicted octanol–water partition coefficient (Wildman–Crippen LogP) is 2.05. The topological polar surface area (TPSA) is 32.3 Å². The highest BCUT2D eigenvalue weighted by molar-refractivity contribution is 5.81. The van der Waals surface area contributed by atoms with Gasteiger partial charge in [-0.25, -0.2) is 0 Å². The smallest absolute Gasteiger partial charge is 0.238 e. The summed E-state index contributed by atoms with van der Waals surface area (Å²) in [6.45, 7) is 4.06. The van der Waals surface area contributed by atoms with Crippen molar-refractivity contribution in [3.05, 3.63) is 34.9 Å². The van der Waals surface area contributed by atoms with Crippen LogP contribution in [0.3, 0.4) is 0 Å². The zero-order valence-electron chi connectivity index (χ0n) is 11.7. The van der Waals surface area contributed by atoms with Crippen LogP contribution in [0.2, 0.25) is 0 Å². The second-order valence-corrected chi connectivity index (χ2v) is 5.41. The molecule has 0 spiro atoms. The van der Waals surface area contributed by atoms with Gasteiger partial charge in [-0.2, -0.15) is 0 Å². The molecule has 1 amide bonds. The molecular formula is C15H22N2O. The number of amides is 1. The summed E-state index contributed by atoms with van der Waals surface area (Å²) in [4.78, 5) is 13.5. The first-order valence-electron chi connectivity index (χ1n) is 6.55. The minimum atomic E-state index is -0.128. The highest BCUT2D eigenvalue weighted by atomic mass is 16.2. The number of hydrogen-bond acceptors (Lipinski definition) is 2. The number of aryl methyl sites for hydroxylation is 2. The lowest BCUT2D eigenvalue weighted by Gasteiger charge is -2.22. The van der Waals surface area contributed by atoms with E-state index in [2.05, 4.69) is 30.4 Å². The molecule has 1 aromatic rings. The average Bonchev–Trinajstić information content (AvgIpc) is 2.70. The van der Waals surface area contributed by atoms with Gasteiger partial charge in [0.05, 0.1) is 6.04 Å². The molecule has 1 N–H and O–H groups in total. The van der Waals surface area contributed by atoms with E-state index in [1.165, 1.54) is 16.7 Å². The van der Waals surface area contributed by atoms with Crippen molar-refractivity contribution in [3.8, 4) is 0 Å². The summed E-state index contributed by atoms with van der Waals surface area (Å²) in [6, 6.07) is 6.81. The molecule has 0 bridgehead atoms. The minimum absolute atomic E-state index is 0.128. The van der Waals surface area contributed by atoms with Gasteiger partial charge in [-0.1, -0.05) is 23.8 Å². The summed E-state index contributed by atoms with van der Waals surface area (Å²) in [5.41, 5.74) is 4.07. The number of fused-ring (bicyclic) bond motifs is 1. The van der Waals surface area contributed by atoms with E-state index in [4.69, 9.17) is 0 Å². The summed E-state index contributed by atoms with van der Waals surface area (Å²) < 4.78 is 0. The molecule has 3 heteroatoms. The highest BCUT2D eigenvalue weighted by Gasteiger charge is 2.26. The number of carbonyl (C=O) groups is 1. The van der Waals surface area contributed by atoms with Crippen molar-refractivity contribution in [1.82, 2.24) is 10.2 Å². The van der Waals surface area contributed by atoms with Crippen LogP contribution in [0.4, 0.5) is 0 Å². The van der Waals surface area contributed by atoms with Crippen LogP contribution in [0.1, 0.15) is 36.1 Å². The van der Waals surface area contributed by atoms with Gasteiger partial charge >= 0.3 is 0 Å². The Balaban J connectivity index is 2.10. The van der Waals surface area contributed by atoms with E-state index >= 15 is 0 Å². The lowest BCUT2D eigenvalue weighted by Crippen LogP contribution is -2.42. The number of rotatable bonds is 3. The van der Waals surface area contributed by atoms with Crippen LogP contribution >= 0.6 is 0 Å². The summed E-state index contributed by atoms with van der Waals surface area (Å²) in [5, 5.41) is 3.45. The molecule has 98 valence electrons. The zero-order valence-corrected chi connectivity index (χ0v) is 11.7. The van der Waals surface area contributed by atoms with Crippen LogP contribution in [0, 0.1) is 6.92 Å². The van der Waals surface area contributed by atoms with E-state index in [-0.39, 0.29) is 11.9 Å². The van der Waals surface area contributed by atoms with Gasteiger partial charge in [0.25, 0.3) is 0 Å². The van der Waals surface area contributed by atoms with Crippen LogP contribution in [0.15, 0.2) is 18.2 Å².